The van der Waals surface area contributed by atoms with Crippen molar-refractivity contribution in [2.45, 2.75) is 57.4 Å². The van der Waals surface area contributed by atoms with E-state index in [4.69, 9.17) is 11.6 Å². The number of amides is 1. The fourth-order valence-corrected chi connectivity index (χ4v) is 4.68. The highest BCUT2D eigenvalue weighted by atomic mass is 35.5. The number of rotatable bonds is 5. The molecule has 2 nitrogen and oxygen atoms in total. The second kappa shape index (κ2) is 6.92. The summed E-state index contributed by atoms with van der Waals surface area (Å²) in [5.41, 5.74) is 2.27. The van der Waals surface area contributed by atoms with Crippen molar-refractivity contribution in [2.24, 2.45) is 11.8 Å². The lowest BCUT2D eigenvalue weighted by atomic mass is 9.72. The molecule has 3 aliphatic rings. The lowest BCUT2D eigenvalue weighted by Crippen LogP contribution is -2.39. The summed E-state index contributed by atoms with van der Waals surface area (Å²) in [5, 5.41) is 0.813. The molecule has 2 fully saturated rings. The van der Waals surface area contributed by atoms with Crippen LogP contribution in [0.4, 0.5) is 0 Å². The van der Waals surface area contributed by atoms with Crippen LogP contribution in [0.3, 0.4) is 0 Å². The molecule has 4 rings (SSSR count). The Labute approximate surface area is 149 Å². The Bertz CT molecular complexity index is 649. The third-order valence-corrected chi connectivity index (χ3v) is 6.34. The van der Waals surface area contributed by atoms with Crippen molar-refractivity contribution >= 4 is 17.5 Å². The second-order valence-electron chi connectivity index (χ2n) is 7.70. The molecule has 0 radical (unpaired) electrons. The monoisotopic (exact) mass is 343 g/mol. The van der Waals surface area contributed by atoms with E-state index in [1.54, 1.807) is 0 Å². The van der Waals surface area contributed by atoms with Crippen LogP contribution in [-0.4, -0.2) is 23.4 Å². The molecule has 1 aromatic carbocycles. The number of benzene rings is 1. The lowest BCUT2D eigenvalue weighted by molar-refractivity contribution is -0.128. The predicted octanol–water partition coefficient (Wildman–Crippen LogP) is 5.01. The van der Waals surface area contributed by atoms with E-state index in [0.29, 0.717) is 17.9 Å². The molecule has 24 heavy (non-hydrogen) atoms. The summed E-state index contributed by atoms with van der Waals surface area (Å²) in [7, 11) is 0. The summed E-state index contributed by atoms with van der Waals surface area (Å²) < 4.78 is 0. The van der Waals surface area contributed by atoms with Gasteiger partial charge in [0, 0.05) is 23.2 Å². The Kier molecular flexibility index (Phi) is 4.67. The zero-order valence-electron chi connectivity index (χ0n) is 14.2. The average Bonchev–Trinajstić information content (AvgIpc) is 3.42. The standard InChI is InChI=1S/C21H26ClNO/c22-20-7-2-1-5-16(20)12-13-23(18-9-10-18)21(24)19-11-8-15-4-3-6-17(19)14-15/h1-2,5,7,11,15,17-18H,3-4,6,8-10,12-14H2. The first-order valence-electron chi connectivity index (χ1n) is 9.47. The predicted molar refractivity (Wildman–Crippen MR) is 98.0 cm³/mol. The molecule has 1 amide bonds. The molecular weight excluding hydrogens is 318 g/mol. The van der Waals surface area contributed by atoms with Crippen molar-refractivity contribution < 1.29 is 4.79 Å². The van der Waals surface area contributed by atoms with E-state index in [1.165, 1.54) is 25.7 Å². The number of hydrogen-bond donors (Lipinski definition) is 0. The van der Waals surface area contributed by atoms with Gasteiger partial charge in [0.2, 0.25) is 5.91 Å². The van der Waals surface area contributed by atoms with Crippen molar-refractivity contribution in [2.75, 3.05) is 6.54 Å². The van der Waals surface area contributed by atoms with E-state index < -0.39 is 0 Å². The van der Waals surface area contributed by atoms with E-state index in [1.807, 2.05) is 18.2 Å². The summed E-state index contributed by atoms with van der Waals surface area (Å²) in [4.78, 5) is 15.4. The maximum atomic E-state index is 13.2. The van der Waals surface area contributed by atoms with Gasteiger partial charge in [0.1, 0.15) is 0 Å². The Hall–Kier alpha value is -1.28. The number of allylic oxidation sites excluding steroid dienone is 1. The molecule has 2 atom stereocenters. The van der Waals surface area contributed by atoms with Crippen LogP contribution in [0, 0.1) is 11.8 Å². The zero-order chi connectivity index (χ0) is 16.5. The molecule has 0 aliphatic heterocycles. The van der Waals surface area contributed by atoms with Crippen molar-refractivity contribution in [1.82, 2.24) is 4.90 Å². The Balaban J connectivity index is 1.47. The van der Waals surface area contributed by atoms with Gasteiger partial charge >= 0.3 is 0 Å². The smallest absolute Gasteiger partial charge is 0.249 e. The van der Waals surface area contributed by atoms with Crippen LogP contribution in [0.5, 0.6) is 0 Å². The average molecular weight is 344 g/mol. The lowest BCUT2D eigenvalue weighted by Gasteiger charge is -2.36. The number of carbonyl (C=O) groups is 1. The van der Waals surface area contributed by atoms with Crippen molar-refractivity contribution in [1.29, 1.82) is 0 Å². The minimum Gasteiger partial charge on any atom is -0.336 e. The van der Waals surface area contributed by atoms with Crippen LogP contribution in [0.1, 0.15) is 50.5 Å². The van der Waals surface area contributed by atoms with Crippen LogP contribution in [0.15, 0.2) is 35.9 Å². The quantitative estimate of drug-likeness (QED) is 0.735. The second-order valence-corrected chi connectivity index (χ2v) is 8.10. The molecule has 0 spiro atoms. The van der Waals surface area contributed by atoms with Gasteiger partial charge in [0.25, 0.3) is 0 Å². The van der Waals surface area contributed by atoms with Gasteiger partial charge in [-0.05, 0) is 62.0 Å². The van der Waals surface area contributed by atoms with Gasteiger partial charge < -0.3 is 4.90 Å². The Morgan fingerprint density at radius 1 is 1.17 bits per heavy atom. The van der Waals surface area contributed by atoms with Gasteiger partial charge in [-0.2, -0.15) is 0 Å². The minimum atomic E-state index is 0.315. The first kappa shape index (κ1) is 16.2. The number of carbonyl (C=O) groups excluding carboxylic acids is 1. The van der Waals surface area contributed by atoms with Gasteiger partial charge in [0.05, 0.1) is 0 Å². The Morgan fingerprint density at radius 3 is 2.79 bits per heavy atom. The molecule has 128 valence electrons. The maximum Gasteiger partial charge on any atom is 0.249 e. The number of halogens is 1. The maximum absolute atomic E-state index is 13.2. The summed E-state index contributed by atoms with van der Waals surface area (Å²) >= 11 is 6.29. The van der Waals surface area contributed by atoms with Crippen LogP contribution in [-0.2, 0) is 11.2 Å². The van der Waals surface area contributed by atoms with Gasteiger partial charge in [-0.25, -0.2) is 0 Å². The van der Waals surface area contributed by atoms with Crippen LogP contribution >= 0.6 is 11.6 Å². The van der Waals surface area contributed by atoms with Crippen molar-refractivity contribution in [3.63, 3.8) is 0 Å². The van der Waals surface area contributed by atoms with Crippen LogP contribution in [0.25, 0.3) is 0 Å². The van der Waals surface area contributed by atoms with Crippen LogP contribution in [0.2, 0.25) is 5.02 Å². The number of hydrogen-bond acceptors (Lipinski definition) is 1. The van der Waals surface area contributed by atoms with Gasteiger partial charge in [0.15, 0.2) is 0 Å². The fourth-order valence-electron chi connectivity index (χ4n) is 4.45. The molecule has 0 saturated heterocycles. The molecule has 3 heteroatoms. The van der Waals surface area contributed by atoms with Gasteiger partial charge in [-0.3, -0.25) is 4.79 Å². The molecule has 2 unspecified atom stereocenters. The van der Waals surface area contributed by atoms with E-state index in [-0.39, 0.29) is 0 Å². The largest absolute Gasteiger partial charge is 0.336 e. The minimum absolute atomic E-state index is 0.315. The van der Waals surface area contributed by atoms with Gasteiger partial charge in [-0.15, -0.1) is 0 Å². The molecule has 1 aromatic rings. The van der Waals surface area contributed by atoms with E-state index in [0.717, 1.165) is 54.3 Å². The molecule has 3 aliphatic carbocycles. The van der Waals surface area contributed by atoms with E-state index in [9.17, 15) is 4.79 Å². The van der Waals surface area contributed by atoms with Gasteiger partial charge in [-0.1, -0.05) is 48.7 Å². The highest BCUT2D eigenvalue weighted by Gasteiger charge is 2.38. The fraction of sp³-hybridized carbons (Fsp3) is 0.571. The third kappa shape index (κ3) is 3.39. The van der Waals surface area contributed by atoms with E-state index in [2.05, 4.69) is 17.0 Å². The summed E-state index contributed by atoms with van der Waals surface area (Å²) in [6, 6.07) is 8.45. The van der Waals surface area contributed by atoms with Crippen LogP contribution < -0.4 is 0 Å². The summed E-state index contributed by atoms with van der Waals surface area (Å²) in [6.07, 6.45) is 11.6. The normalized spacial score (nSPS) is 26.0. The molecule has 0 aromatic heterocycles. The van der Waals surface area contributed by atoms with Crippen molar-refractivity contribution in [3.05, 3.63) is 46.5 Å². The molecular formula is C21H26ClNO. The topological polar surface area (TPSA) is 20.3 Å². The Morgan fingerprint density at radius 2 is 2.00 bits per heavy atom. The highest BCUT2D eigenvalue weighted by molar-refractivity contribution is 6.31. The molecule has 0 heterocycles. The third-order valence-electron chi connectivity index (χ3n) is 5.97. The highest BCUT2D eigenvalue weighted by Crippen LogP contribution is 2.41. The summed E-state index contributed by atoms with van der Waals surface area (Å²) in [5.74, 6) is 1.67. The molecule has 2 bridgehead atoms. The summed E-state index contributed by atoms with van der Waals surface area (Å²) in [6.45, 7) is 0.792. The zero-order valence-corrected chi connectivity index (χ0v) is 15.0. The molecule has 2 saturated carbocycles. The SMILES string of the molecule is O=C(C1=CCC2CCCC1C2)N(CCc1ccccc1Cl)C1CC1. The number of nitrogens with zero attached hydrogens (tertiary/aromatic N) is 1. The first-order chi connectivity index (χ1) is 11.7. The molecule has 0 N–H and O–H groups in total. The van der Waals surface area contributed by atoms with Crippen molar-refractivity contribution in [3.8, 4) is 0 Å². The van der Waals surface area contributed by atoms with E-state index >= 15 is 0 Å². The number of fused-ring (bicyclic) bond motifs is 2. The first-order valence-corrected chi connectivity index (χ1v) is 9.84.